The average Bonchev–Trinajstić information content (AvgIpc) is 3.02. The molecule has 1 N–H and O–H groups in total. The predicted octanol–water partition coefficient (Wildman–Crippen LogP) is 4.99. The SMILES string of the molecule is CC(=O)c1cccc(NC(=O)[C@H](C)Sc2nn(-c3ccccc3)c(=S)s2)c1. The second kappa shape index (κ2) is 8.60. The monoisotopic (exact) mass is 415 g/mol. The standard InChI is InChI=1S/C19H17N3O2S3/c1-12(23)14-7-6-8-15(11-14)20-17(24)13(2)26-18-21-22(19(25)27-18)16-9-4-3-5-10-16/h3-11,13H,1-2H3,(H,20,24)/t13-/m0/s1. The summed E-state index contributed by atoms with van der Waals surface area (Å²) in [5.41, 5.74) is 2.05. The van der Waals surface area contributed by atoms with Gasteiger partial charge in [-0.2, -0.15) is 0 Å². The van der Waals surface area contributed by atoms with Gasteiger partial charge in [-0.1, -0.05) is 53.4 Å². The first kappa shape index (κ1) is 19.5. The zero-order valence-corrected chi connectivity index (χ0v) is 17.2. The summed E-state index contributed by atoms with van der Waals surface area (Å²) in [6.45, 7) is 3.31. The van der Waals surface area contributed by atoms with Gasteiger partial charge in [0.1, 0.15) is 0 Å². The first-order valence-electron chi connectivity index (χ1n) is 8.18. The number of carbonyl (C=O) groups excluding carboxylic acids is 2. The molecule has 2 aromatic carbocycles. The number of amides is 1. The van der Waals surface area contributed by atoms with Crippen molar-refractivity contribution in [2.75, 3.05) is 5.32 Å². The van der Waals surface area contributed by atoms with Crippen molar-refractivity contribution in [2.24, 2.45) is 0 Å². The Morgan fingerprint density at radius 3 is 2.63 bits per heavy atom. The summed E-state index contributed by atoms with van der Waals surface area (Å²) in [4.78, 5) is 24.0. The topological polar surface area (TPSA) is 64.0 Å². The van der Waals surface area contributed by atoms with Crippen molar-refractivity contribution in [3.05, 3.63) is 64.1 Å². The summed E-state index contributed by atoms with van der Waals surface area (Å²) in [6, 6.07) is 16.5. The van der Waals surface area contributed by atoms with E-state index in [4.69, 9.17) is 12.2 Å². The average molecular weight is 416 g/mol. The highest BCUT2D eigenvalue weighted by Gasteiger charge is 2.18. The molecule has 0 saturated carbocycles. The Kier molecular flexibility index (Phi) is 6.20. The van der Waals surface area contributed by atoms with Gasteiger partial charge in [-0.3, -0.25) is 9.59 Å². The predicted molar refractivity (Wildman–Crippen MR) is 113 cm³/mol. The summed E-state index contributed by atoms with van der Waals surface area (Å²) in [7, 11) is 0. The summed E-state index contributed by atoms with van der Waals surface area (Å²) in [5.74, 6) is -0.201. The minimum atomic E-state index is -0.365. The molecule has 0 spiro atoms. The number of nitrogens with one attached hydrogen (secondary N) is 1. The van der Waals surface area contributed by atoms with Crippen LogP contribution in [-0.4, -0.2) is 26.7 Å². The van der Waals surface area contributed by atoms with Crippen LogP contribution in [0.25, 0.3) is 5.69 Å². The molecule has 3 rings (SSSR count). The molecular formula is C19H17N3O2S3. The maximum atomic E-state index is 12.5. The normalized spacial score (nSPS) is 11.8. The Morgan fingerprint density at radius 2 is 1.93 bits per heavy atom. The lowest BCUT2D eigenvalue weighted by Crippen LogP contribution is -2.22. The van der Waals surface area contributed by atoms with Gasteiger partial charge in [0.25, 0.3) is 0 Å². The number of thioether (sulfide) groups is 1. The molecule has 138 valence electrons. The minimum absolute atomic E-state index is 0.0419. The third kappa shape index (κ3) is 4.91. The molecule has 0 bridgehead atoms. The zero-order valence-electron chi connectivity index (χ0n) is 14.7. The van der Waals surface area contributed by atoms with E-state index in [1.54, 1.807) is 28.9 Å². The Balaban J connectivity index is 1.69. The van der Waals surface area contributed by atoms with Gasteiger partial charge in [0.05, 0.1) is 10.9 Å². The molecule has 0 aliphatic carbocycles. The largest absolute Gasteiger partial charge is 0.325 e. The lowest BCUT2D eigenvalue weighted by Gasteiger charge is -2.11. The van der Waals surface area contributed by atoms with E-state index in [1.807, 2.05) is 37.3 Å². The van der Waals surface area contributed by atoms with Crippen molar-refractivity contribution in [1.29, 1.82) is 0 Å². The number of Topliss-reactive ketones (excluding diaryl/α,β-unsaturated/α-hetero) is 1. The highest BCUT2D eigenvalue weighted by molar-refractivity contribution is 8.02. The Morgan fingerprint density at radius 1 is 1.19 bits per heavy atom. The van der Waals surface area contributed by atoms with Crippen molar-refractivity contribution in [3.8, 4) is 5.69 Å². The molecule has 0 radical (unpaired) electrons. The van der Waals surface area contributed by atoms with Crippen LogP contribution in [-0.2, 0) is 4.79 Å². The fraction of sp³-hybridized carbons (Fsp3) is 0.158. The molecular weight excluding hydrogens is 398 g/mol. The van der Waals surface area contributed by atoms with Crippen LogP contribution < -0.4 is 5.32 Å². The van der Waals surface area contributed by atoms with Gasteiger partial charge in [-0.25, -0.2) is 4.68 Å². The molecule has 1 atom stereocenters. The summed E-state index contributed by atoms with van der Waals surface area (Å²) >= 11 is 8.11. The highest BCUT2D eigenvalue weighted by atomic mass is 32.2. The number of aromatic nitrogens is 2. The minimum Gasteiger partial charge on any atom is -0.325 e. The van der Waals surface area contributed by atoms with Gasteiger partial charge in [0.15, 0.2) is 14.1 Å². The Bertz CT molecular complexity index is 1030. The second-order valence-electron chi connectivity index (χ2n) is 5.77. The van der Waals surface area contributed by atoms with Crippen molar-refractivity contribution in [1.82, 2.24) is 9.78 Å². The van der Waals surface area contributed by atoms with E-state index in [-0.39, 0.29) is 16.9 Å². The Hall–Kier alpha value is -2.29. The molecule has 0 aliphatic heterocycles. The van der Waals surface area contributed by atoms with E-state index in [0.717, 1.165) is 10.0 Å². The maximum Gasteiger partial charge on any atom is 0.237 e. The Labute approximate surface area is 170 Å². The van der Waals surface area contributed by atoms with E-state index >= 15 is 0 Å². The number of para-hydroxylation sites is 1. The summed E-state index contributed by atoms with van der Waals surface area (Å²) < 4.78 is 3.05. The third-order valence-electron chi connectivity index (χ3n) is 3.71. The molecule has 0 unspecified atom stereocenters. The number of ketones is 1. The molecule has 27 heavy (non-hydrogen) atoms. The molecule has 5 nitrogen and oxygen atoms in total. The fourth-order valence-corrected chi connectivity index (χ4v) is 4.81. The van der Waals surface area contributed by atoms with Crippen LogP contribution in [0.4, 0.5) is 5.69 Å². The fourth-order valence-electron chi connectivity index (χ4n) is 2.31. The first-order valence-corrected chi connectivity index (χ1v) is 10.3. The third-order valence-corrected chi connectivity index (χ3v) is 6.13. The molecule has 0 saturated heterocycles. The van der Waals surface area contributed by atoms with Crippen molar-refractivity contribution < 1.29 is 9.59 Å². The van der Waals surface area contributed by atoms with E-state index in [0.29, 0.717) is 15.2 Å². The maximum absolute atomic E-state index is 12.5. The van der Waals surface area contributed by atoms with Crippen LogP contribution >= 0.6 is 35.3 Å². The van der Waals surface area contributed by atoms with E-state index in [2.05, 4.69) is 10.4 Å². The van der Waals surface area contributed by atoms with Crippen LogP contribution in [0.5, 0.6) is 0 Å². The number of nitrogens with zero attached hydrogens (tertiary/aromatic N) is 2. The van der Waals surface area contributed by atoms with Gasteiger partial charge >= 0.3 is 0 Å². The number of hydrogen-bond acceptors (Lipinski definition) is 6. The number of carbonyl (C=O) groups is 2. The van der Waals surface area contributed by atoms with Crippen molar-refractivity contribution in [3.63, 3.8) is 0 Å². The molecule has 0 fully saturated rings. The first-order chi connectivity index (χ1) is 12.9. The molecule has 1 aromatic heterocycles. The van der Waals surface area contributed by atoms with Crippen LogP contribution in [0.3, 0.4) is 0 Å². The smallest absolute Gasteiger partial charge is 0.237 e. The van der Waals surface area contributed by atoms with Crippen molar-refractivity contribution >= 4 is 52.7 Å². The zero-order chi connectivity index (χ0) is 19.4. The van der Waals surface area contributed by atoms with E-state index in [9.17, 15) is 9.59 Å². The van der Waals surface area contributed by atoms with Crippen LogP contribution in [0.15, 0.2) is 58.9 Å². The van der Waals surface area contributed by atoms with Gasteiger partial charge in [0.2, 0.25) is 5.91 Å². The number of hydrogen-bond donors (Lipinski definition) is 1. The van der Waals surface area contributed by atoms with Crippen LogP contribution in [0, 0.1) is 3.95 Å². The van der Waals surface area contributed by atoms with E-state index < -0.39 is 0 Å². The van der Waals surface area contributed by atoms with Crippen molar-refractivity contribution in [2.45, 2.75) is 23.4 Å². The number of anilines is 1. The van der Waals surface area contributed by atoms with Gasteiger partial charge < -0.3 is 5.32 Å². The van der Waals surface area contributed by atoms with E-state index in [1.165, 1.54) is 30.0 Å². The molecule has 1 heterocycles. The molecule has 8 heteroatoms. The van der Waals surface area contributed by atoms with Gasteiger partial charge in [0, 0.05) is 11.3 Å². The molecule has 0 aliphatic rings. The second-order valence-corrected chi connectivity index (χ2v) is 8.98. The lowest BCUT2D eigenvalue weighted by molar-refractivity contribution is -0.115. The summed E-state index contributed by atoms with van der Waals surface area (Å²) in [6.07, 6.45) is 0. The lowest BCUT2D eigenvalue weighted by atomic mass is 10.1. The van der Waals surface area contributed by atoms with Gasteiger partial charge in [-0.05, 0) is 50.3 Å². The van der Waals surface area contributed by atoms with Crippen LogP contribution in [0.2, 0.25) is 0 Å². The number of benzene rings is 2. The van der Waals surface area contributed by atoms with Crippen LogP contribution in [0.1, 0.15) is 24.2 Å². The van der Waals surface area contributed by atoms with Gasteiger partial charge in [-0.15, -0.1) is 5.10 Å². The summed E-state index contributed by atoms with van der Waals surface area (Å²) in [5, 5.41) is 6.99. The quantitative estimate of drug-likeness (QED) is 0.349. The highest BCUT2D eigenvalue weighted by Crippen LogP contribution is 2.28. The molecule has 1 amide bonds. The molecule has 3 aromatic rings. The number of rotatable bonds is 6.